The van der Waals surface area contributed by atoms with Crippen molar-refractivity contribution in [2.45, 2.75) is 0 Å². The summed E-state index contributed by atoms with van der Waals surface area (Å²) in [5.41, 5.74) is 14.1. The zero-order valence-electron chi connectivity index (χ0n) is 8.07. The fourth-order valence-corrected chi connectivity index (χ4v) is 1.44. The summed E-state index contributed by atoms with van der Waals surface area (Å²) in [5, 5.41) is 0. The molecular weight excluding hydrogens is 191 g/mol. The molecule has 0 amide bonds. The predicted octanol–water partition coefficient (Wildman–Crippen LogP) is 2.66. The zero-order valence-corrected chi connectivity index (χ0v) is 8.07. The van der Waals surface area contributed by atoms with E-state index >= 15 is 0 Å². The van der Waals surface area contributed by atoms with Crippen LogP contribution in [0.1, 0.15) is 0 Å². The van der Waals surface area contributed by atoms with Crippen LogP contribution in [0.5, 0.6) is 0 Å². The number of nitrogens with two attached hydrogens (primary N) is 2. The molecule has 0 unspecified atom stereocenters. The van der Waals surface area contributed by atoms with Gasteiger partial charge in [-0.05, 0) is 35.9 Å². The van der Waals surface area contributed by atoms with E-state index in [0.717, 1.165) is 5.56 Å². The van der Waals surface area contributed by atoms with Gasteiger partial charge in [0.2, 0.25) is 0 Å². The van der Waals surface area contributed by atoms with Crippen molar-refractivity contribution in [3.8, 4) is 11.1 Å². The summed E-state index contributed by atoms with van der Waals surface area (Å²) in [4.78, 5) is 0. The van der Waals surface area contributed by atoms with E-state index in [4.69, 9.17) is 11.5 Å². The van der Waals surface area contributed by atoms with E-state index in [1.807, 2.05) is 12.1 Å². The van der Waals surface area contributed by atoms with Crippen molar-refractivity contribution >= 4 is 11.4 Å². The predicted molar refractivity (Wildman–Crippen MR) is 60.7 cm³/mol. The van der Waals surface area contributed by atoms with Crippen LogP contribution < -0.4 is 11.5 Å². The van der Waals surface area contributed by atoms with Gasteiger partial charge in [-0.1, -0.05) is 12.1 Å². The first kappa shape index (κ1) is 9.52. The van der Waals surface area contributed by atoms with Crippen molar-refractivity contribution in [1.29, 1.82) is 0 Å². The molecule has 2 aromatic carbocycles. The summed E-state index contributed by atoms with van der Waals surface area (Å²) >= 11 is 0. The second kappa shape index (κ2) is 3.61. The Kier molecular flexibility index (Phi) is 2.29. The third kappa shape index (κ3) is 1.91. The molecule has 0 aliphatic carbocycles. The highest BCUT2D eigenvalue weighted by Crippen LogP contribution is 2.27. The van der Waals surface area contributed by atoms with Gasteiger partial charge >= 0.3 is 0 Å². The maximum absolute atomic E-state index is 13.0. The Balaban J connectivity index is 2.53. The maximum atomic E-state index is 13.0. The Bertz CT molecular complexity index is 477. The van der Waals surface area contributed by atoms with Crippen LogP contribution in [0.2, 0.25) is 0 Å². The Morgan fingerprint density at radius 2 is 1.53 bits per heavy atom. The Morgan fingerprint density at radius 1 is 0.867 bits per heavy atom. The number of hydrogen-bond acceptors (Lipinski definition) is 2. The first-order chi connectivity index (χ1) is 7.16. The van der Waals surface area contributed by atoms with E-state index in [2.05, 4.69) is 0 Å². The van der Waals surface area contributed by atoms with Crippen molar-refractivity contribution in [2.24, 2.45) is 0 Å². The van der Waals surface area contributed by atoms with Gasteiger partial charge in [0, 0.05) is 16.9 Å². The Morgan fingerprint density at radius 3 is 2.20 bits per heavy atom. The molecule has 0 saturated carbocycles. The molecule has 0 atom stereocenters. The van der Waals surface area contributed by atoms with E-state index in [0.29, 0.717) is 16.9 Å². The molecule has 2 nitrogen and oxygen atoms in total. The lowest BCUT2D eigenvalue weighted by Crippen LogP contribution is -1.91. The third-order valence-corrected chi connectivity index (χ3v) is 2.24. The number of benzene rings is 2. The lowest BCUT2D eigenvalue weighted by molar-refractivity contribution is 0.628. The molecule has 0 spiro atoms. The quantitative estimate of drug-likeness (QED) is 0.698. The summed E-state index contributed by atoms with van der Waals surface area (Å²) in [6.07, 6.45) is 0. The van der Waals surface area contributed by atoms with Crippen molar-refractivity contribution in [3.63, 3.8) is 0 Å². The SMILES string of the molecule is Nc1ccc(-c2cc(F)ccc2N)cc1. The highest BCUT2D eigenvalue weighted by Gasteiger charge is 2.03. The Hall–Kier alpha value is -2.03. The summed E-state index contributed by atoms with van der Waals surface area (Å²) in [5.74, 6) is -0.295. The van der Waals surface area contributed by atoms with Gasteiger partial charge < -0.3 is 11.5 Å². The number of rotatable bonds is 1. The van der Waals surface area contributed by atoms with Gasteiger partial charge in [0.25, 0.3) is 0 Å². The van der Waals surface area contributed by atoms with E-state index < -0.39 is 0 Å². The van der Waals surface area contributed by atoms with Crippen molar-refractivity contribution in [2.75, 3.05) is 11.5 Å². The van der Waals surface area contributed by atoms with Gasteiger partial charge in [0.1, 0.15) is 5.82 Å². The monoisotopic (exact) mass is 202 g/mol. The smallest absolute Gasteiger partial charge is 0.123 e. The average molecular weight is 202 g/mol. The van der Waals surface area contributed by atoms with Crippen LogP contribution >= 0.6 is 0 Å². The van der Waals surface area contributed by atoms with E-state index in [1.165, 1.54) is 12.1 Å². The van der Waals surface area contributed by atoms with Crippen LogP contribution in [-0.4, -0.2) is 0 Å². The highest BCUT2D eigenvalue weighted by molar-refractivity contribution is 5.76. The van der Waals surface area contributed by atoms with Gasteiger partial charge in [-0.2, -0.15) is 0 Å². The molecule has 2 rings (SSSR count). The molecule has 4 N–H and O–H groups in total. The van der Waals surface area contributed by atoms with Gasteiger partial charge in [-0.25, -0.2) is 4.39 Å². The van der Waals surface area contributed by atoms with Gasteiger partial charge in [0.05, 0.1) is 0 Å². The summed E-state index contributed by atoms with van der Waals surface area (Å²) in [6.45, 7) is 0. The van der Waals surface area contributed by atoms with E-state index in [9.17, 15) is 4.39 Å². The van der Waals surface area contributed by atoms with E-state index in [-0.39, 0.29) is 5.82 Å². The van der Waals surface area contributed by atoms with Crippen molar-refractivity contribution < 1.29 is 4.39 Å². The molecule has 0 radical (unpaired) electrons. The fraction of sp³-hybridized carbons (Fsp3) is 0. The molecule has 0 fully saturated rings. The summed E-state index contributed by atoms with van der Waals surface area (Å²) in [6, 6.07) is 11.5. The number of anilines is 2. The molecule has 3 heteroatoms. The lowest BCUT2D eigenvalue weighted by atomic mass is 10.0. The van der Waals surface area contributed by atoms with Crippen molar-refractivity contribution in [1.82, 2.24) is 0 Å². The topological polar surface area (TPSA) is 52.0 Å². The minimum Gasteiger partial charge on any atom is -0.399 e. The van der Waals surface area contributed by atoms with Crippen LogP contribution in [0, 0.1) is 5.82 Å². The molecule has 0 heterocycles. The van der Waals surface area contributed by atoms with Crippen LogP contribution in [0.15, 0.2) is 42.5 Å². The fourth-order valence-electron chi connectivity index (χ4n) is 1.44. The lowest BCUT2D eigenvalue weighted by Gasteiger charge is -2.06. The number of nitrogen functional groups attached to an aromatic ring is 2. The minimum atomic E-state index is -0.295. The highest BCUT2D eigenvalue weighted by atomic mass is 19.1. The van der Waals surface area contributed by atoms with Crippen molar-refractivity contribution in [3.05, 3.63) is 48.3 Å². The third-order valence-electron chi connectivity index (χ3n) is 2.24. The zero-order chi connectivity index (χ0) is 10.8. The molecule has 76 valence electrons. The molecule has 0 aliphatic heterocycles. The molecular formula is C12H11FN2. The molecule has 0 saturated heterocycles. The molecule has 15 heavy (non-hydrogen) atoms. The van der Waals surface area contributed by atoms with Crippen LogP contribution in [0.3, 0.4) is 0 Å². The molecule has 2 aromatic rings. The van der Waals surface area contributed by atoms with Crippen LogP contribution in [0.4, 0.5) is 15.8 Å². The minimum absolute atomic E-state index is 0.295. The van der Waals surface area contributed by atoms with E-state index in [1.54, 1.807) is 18.2 Å². The number of hydrogen-bond donors (Lipinski definition) is 2. The average Bonchev–Trinajstić information content (AvgIpc) is 2.23. The summed E-state index contributed by atoms with van der Waals surface area (Å²) in [7, 11) is 0. The van der Waals surface area contributed by atoms with Gasteiger partial charge in [-0.15, -0.1) is 0 Å². The standard InChI is InChI=1S/C12H11FN2/c13-9-3-6-12(15)11(7-9)8-1-4-10(14)5-2-8/h1-7H,14-15H2. The second-order valence-corrected chi connectivity index (χ2v) is 3.35. The maximum Gasteiger partial charge on any atom is 0.123 e. The molecule has 0 aromatic heterocycles. The normalized spacial score (nSPS) is 10.2. The largest absolute Gasteiger partial charge is 0.399 e. The summed E-state index contributed by atoms with van der Waals surface area (Å²) < 4.78 is 13.0. The second-order valence-electron chi connectivity index (χ2n) is 3.35. The molecule has 0 bridgehead atoms. The van der Waals surface area contributed by atoms with Gasteiger partial charge in [0.15, 0.2) is 0 Å². The molecule has 0 aliphatic rings. The number of halogens is 1. The van der Waals surface area contributed by atoms with Gasteiger partial charge in [-0.3, -0.25) is 0 Å². The first-order valence-electron chi connectivity index (χ1n) is 4.58. The van der Waals surface area contributed by atoms with Crippen LogP contribution in [0.25, 0.3) is 11.1 Å². The first-order valence-corrected chi connectivity index (χ1v) is 4.58. The Labute approximate surface area is 87.3 Å². The van der Waals surface area contributed by atoms with Crippen LogP contribution in [-0.2, 0) is 0 Å².